The third-order valence-corrected chi connectivity index (χ3v) is 4.94. The monoisotopic (exact) mass is 383 g/mol. The van der Waals surface area contributed by atoms with Crippen LogP contribution in [0.1, 0.15) is 26.0 Å². The van der Waals surface area contributed by atoms with E-state index in [-0.39, 0.29) is 18.2 Å². The van der Waals surface area contributed by atoms with Gasteiger partial charge in [0.2, 0.25) is 11.8 Å². The fraction of sp³-hybridized carbons (Fsp3) is 0.476. The summed E-state index contributed by atoms with van der Waals surface area (Å²) in [4.78, 5) is 28.9. The summed E-state index contributed by atoms with van der Waals surface area (Å²) in [5, 5.41) is 10.2. The predicted octanol–water partition coefficient (Wildman–Crippen LogP) is 1.88. The van der Waals surface area contributed by atoms with Crippen LogP contribution >= 0.6 is 0 Å². The van der Waals surface area contributed by atoms with Gasteiger partial charge >= 0.3 is 0 Å². The molecule has 1 saturated heterocycles. The number of benzene rings is 1. The van der Waals surface area contributed by atoms with Crippen LogP contribution in [0.3, 0.4) is 0 Å². The van der Waals surface area contributed by atoms with Crippen LogP contribution in [-0.4, -0.2) is 64.5 Å². The van der Waals surface area contributed by atoms with E-state index >= 15 is 0 Å². The molecule has 0 radical (unpaired) electrons. The molecular formula is C21H29N5O2. The lowest BCUT2D eigenvalue weighted by atomic mass is 10.1. The second-order valence-corrected chi connectivity index (χ2v) is 7.79. The SMILES string of the molecule is CC(C)CN1CCNC(=O)[C@@H]1CC(=O)N(C)Cc1cc(-c2ccccc2)n[nH]1. The van der Waals surface area contributed by atoms with E-state index in [0.29, 0.717) is 19.0 Å². The van der Waals surface area contributed by atoms with Crippen molar-refractivity contribution >= 4 is 11.8 Å². The zero-order valence-corrected chi connectivity index (χ0v) is 16.8. The average Bonchev–Trinajstić information content (AvgIpc) is 3.13. The summed E-state index contributed by atoms with van der Waals surface area (Å²) in [6.07, 6.45) is 0.189. The Balaban J connectivity index is 1.61. The average molecular weight is 383 g/mol. The Kier molecular flexibility index (Phi) is 6.46. The van der Waals surface area contributed by atoms with E-state index in [1.165, 1.54) is 0 Å². The minimum absolute atomic E-state index is 0.0494. The molecule has 28 heavy (non-hydrogen) atoms. The molecule has 2 amide bonds. The van der Waals surface area contributed by atoms with Crippen molar-refractivity contribution < 1.29 is 9.59 Å². The minimum atomic E-state index is -0.396. The fourth-order valence-corrected chi connectivity index (χ4v) is 3.54. The van der Waals surface area contributed by atoms with E-state index in [4.69, 9.17) is 0 Å². The molecule has 1 atom stereocenters. The number of carbonyl (C=O) groups is 2. The Bertz CT molecular complexity index is 802. The smallest absolute Gasteiger partial charge is 0.237 e. The summed E-state index contributed by atoms with van der Waals surface area (Å²) < 4.78 is 0. The van der Waals surface area contributed by atoms with Gasteiger partial charge in [0.25, 0.3) is 0 Å². The Morgan fingerprint density at radius 1 is 1.32 bits per heavy atom. The van der Waals surface area contributed by atoms with Gasteiger partial charge in [-0.1, -0.05) is 44.2 Å². The highest BCUT2D eigenvalue weighted by molar-refractivity contribution is 5.88. The molecule has 2 heterocycles. The maximum absolute atomic E-state index is 12.8. The lowest BCUT2D eigenvalue weighted by Crippen LogP contribution is -2.57. The van der Waals surface area contributed by atoms with Gasteiger partial charge in [-0.25, -0.2) is 0 Å². The zero-order chi connectivity index (χ0) is 20.1. The molecule has 1 aromatic carbocycles. The van der Waals surface area contributed by atoms with E-state index in [1.54, 1.807) is 11.9 Å². The van der Waals surface area contributed by atoms with Crippen LogP contribution < -0.4 is 5.32 Å². The first-order valence-corrected chi connectivity index (χ1v) is 9.79. The van der Waals surface area contributed by atoms with Crippen LogP contribution in [0.15, 0.2) is 36.4 Å². The van der Waals surface area contributed by atoms with Gasteiger partial charge in [-0.2, -0.15) is 5.10 Å². The highest BCUT2D eigenvalue weighted by Gasteiger charge is 2.32. The van der Waals surface area contributed by atoms with Gasteiger partial charge in [0.05, 0.1) is 30.4 Å². The maximum atomic E-state index is 12.8. The van der Waals surface area contributed by atoms with Gasteiger partial charge in [-0.3, -0.25) is 19.6 Å². The van der Waals surface area contributed by atoms with Gasteiger partial charge in [-0.15, -0.1) is 0 Å². The van der Waals surface area contributed by atoms with E-state index in [9.17, 15) is 9.59 Å². The van der Waals surface area contributed by atoms with Crippen LogP contribution in [0.25, 0.3) is 11.3 Å². The Morgan fingerprint density at radius 2 is 2.07 bits per heavy atom. The lowest BCUT2D eigenvalue weighted by Gasteiger charge is -2.36. The van der Waals surface area contributed by atoms with Crippen molar-refractivity contribution in [1.29, 1.82) is 0 Å². The van der Waals surface area contributed by atoms with Crippen molar-refractivity contribution in [2.75, 3.05) is 26.7 Å². The number of rotatable bonds is 7. The van der Waals surface area contributed by atoms with E-state index in [2.05, 4.69) is 34.3 Å². The van der Waals surface area contributed by atoms with Crippen LogP contribution in [0, 0.1) is 5.92 Å². The first-order chi connectivity index (χ1) is 13.4. The first-order valence-electron chi connectivity index (χ1n) is 9.79. The molecule has 0 bridgehead atoms. The molecule has 0 aliphatic carbocycles. The van der Waals surface area contributed by atoms with Crippen LogP contribution in [0.5, 0.6) is 0 Å². The molecule has 0 saturated carbocycles. The summed E-state index contributed by atoms with van der Waals surface area (Å²) in [6, 6.07) is 11.5. The van der Waals surface area contributed by atoms with Crippen molar-refractivity contribution in [3.63, 3.8) is 0 Å². The Labute approximate surface area is 166 Å². The second-order valence-electron chi connectivity index (χ2n) is 7.79. The fourth-order valence-electron chi connectivity index (χ4n) is 3.54. The molecule has 7 nitrogen and oxygen atoms in total. The Hall–Kier alpha value is -2.67. The number of hydrogen-bond donors (Lipinski definition) is 2. The summed E-state index contributed by atoms with van der Waals surface area (Å²) in [6.45, 7) is 6.92. The topological polar surface area (TPSA) is 81.3 Å². The number of aromatic amines is 1. The van der Waals surface area contributed by atoms with Crippen molar-refractivity contribution in [1.82, 2.24) is 25.3 Å². The largest absolute Gasteiger partial charge is 0.353 e. The van der Waals surface area contributed by atoms with Gasteiger partial charge in [0.15, 0.2) is 0 Å². The molecule has 1 aliphatic heterocycles. The van der Waals surface area contributed by atoms with E-state index in [0.717, 1.165) is 30.0 Å². The number of nitrogens with one attached hydrogen (secondary N) is 2. The number of H-pyrrole nitrogens is 1. The molecule has 150 valence electrons. The molecule has 2 N–H and O–H groups in total. The molecule has 1 aromatic heterocycles. The summed E-state index contributed by atoms with van der Waals surface area (Å²) in [5.41, 5.74) is 2.75. The lowest BCUT2D eigenvalue weighted by molar-refractivity contribution is -0.138. The van der Waals surface area contributed by atoms with E-state index < -0.39 is 6.04 Å². The van der Waals surface area contributed by atoms with Gasteiger partial charge in [0, 0.05) is 32.2 Å². The molecule has 0 unspecified atom stereocenters. The number of hydrogen-bond acceptors (Lipinski definition) is 4. The standard InChI is InChI=1S/C21H29N5O2/c1-15(2)13-26-10-9-22-21(28)19(26)12-20(27)25(3)14-17-11-18(24-23-17)16-7-5-4-6-8-16/h4-8,11,15,19H,9-10,12-14H2,1-3H3,(H,22,28)(H,23,24)/t19-/m0/s1. The van der Waals surface area contributed by atoms with Crippen molar-refractivity contribution in [3.8, 4) is 11.3 Å². The van der Waals surface area contributed by atoms with Crippen molar-refractivity contribution in [2.45, 2.75) is 32.9 Å². The minimum Gasteiger partial charge on any atom is -0.353 e. The maximum Gasteiger partial charge on any atom is 0.237 e. The van der Waals surface area contributed by atoms with Crippen LogP contribution in [0.2, 0.25) is 0 Å². The molecular weight excluding hydrogens is 354 g/mol. The van der Waals surface area contributed by atoms with Crippen LogP contribution in [0.4, 0.5) is 0 Å². The molecule has 1 aliphatic rings. The highest BCUT2D eigenvalue weighted by Crippen LogP contribution is 2.18. The second kappa shape index (κ2) is 9.01. The zero-order valence-electron chi connectivity index (χ0n) is 16.8. The summed E-state index contributed by atoms with van der Waals surface area (Å²) in [7, 11) is 1.76. The quantitative estimate of drug-likeness (QED) is 0.765. The molecule has 3 rings (SSSR count). The Morgan fingerprint density at radius 3 is 2.79 bits per heavy atom. The van der Waals surface area contributed by atoms with Gasteiger partial charge < -0.3 is 10.2 Å². The highest BCUT2D eigenvalue weighted by atomic mass is 16.2. The first kappa shape index (κ1) is 20.1. The van der Waals surface area contributed by atoms with Gasteiger partial charge in [0.1, 0.15) is 0 Å². The number of amides is 2. The molecule has 0 spiro atoms. The molecule has 2 aromatic rings. The number of piperazine rings is 1. The third-order valence-electron chi connectivity index (χ3n) is 4.94. The van der Waals surface area contributed by atoms with Gasteiger partial charge in [-0.05, 0) is 12.0 Å². The van der Waals surface area contributed by atoms with E-state index in [1.807, 2.05) is 36.4 Å². The predicted molar refractivity (Wildman–Crippen MR) is 108 cm³/mol. The molecule has 1 fully saturated rings. The number of carbonyl (C=O) groups excluding carboxylic acids is 2. The number of aromatic nitrogens is 2. The summed E-state index contributed by atoms with van der Waals surface area (Å²) in [5.74, 6) is 0.343. The number of nitrogens with zero attached hydrogens (tertiary/aromatic N) is 3. The third kappa shape index (κ3) is 4.98. The normalized spacial score (nSPS) is 17.6. The summed E-state index contributed by atoms with van der Waals surface area (Å²) >= 11 is 0. The molecule has 7 heteroatoms. The van der Waals surface area contributed by atoms with Crippen LogP contribution in [-0.2, 0) is 16.1 Å². The van der Waals surface area contributed by atoms with Crippen molar-refractivity contribution in [3.05, 3.63) is 42.1 Å². The van der Waals surface area contributed by atoms with Crippen molar-refractivity contribution in [2.24, 2.45) is 5.92 Å².